The highest BCUT2D eigenvalue weighted by Gasteiger charge is 2.17. The smallest absolute Gasteiger partial charge is 0.448 e. The summed E-state index contributed by atoms with van der Waals surface area (Å²) in [6.07, 6.45) is 0. The van der Waals surface area contributed by atoms with Crippen LogP contribution in [0.1, 0.15) is 6.92 Å². The van der Waals surface area contributed by atoms with Gasteiger partial charge in [0.25, 0.3) is 0 Å². The van der Waals surface area contributed by atoms with Crippen LogP contribution in [0.25, 0.3) is 5.69 Å². The molecule has 9 heteroatoms. The maximum atomic E-state index is 11.3. The molecule has 7 nitrogen and oxygen atoms in total. The Morgan fingerprint density at radius 3 is 2.64 bits per heavy atom. The van der Waals surface area contributed by atoms with Gasteiger partial charge in [-0.3, -0.25) is 4.57 Å². The Morgan fingerprint density at radius 1 is 1.27 bits per heavy atom. The molecule has 0 unspecified atom stereocenters. The lowest BCUT2D eigenvalue weighted by Gasteiger charge is -2.09. The molecule has 1 aromatic heterocycles. The van der Waals surface area contributed by atoms with Crippen molar-refractivity contribution in [1.29, 1.82) is 0 Å². The van der Waals surface area contributed by atoms with Crippen molar-refractivity contribution in [2.45, 2.75) is 11.8 Å². The summed E-state index contributed by atoms with van der Waals surface area (Å²) >= 11 is 1.37. The minimum absolute atomic E-state index is 0.00320. The largest absolute Gasteiger partial charge is 0.494 e. The molecule has 22 heavy (non-hydrogen) atoms. The van der Waals surface area contributed by atoms with E-state index in [2.05, 4.69) is 4.18 Å². The van der Waals surface area contributed by atoms with Crippen LogP contribution in [0.5, 0.6) is 17.5 Å². The maximum Gasteiger partial charge on any atom is 0.448 e. The van der Waals surface area contributed by atoms with Crippen LogP contribution in [0.3, 0.4) is 0 Å². The van der Waals surface area contributed by atoms with Crippen LogP contribution >= 0.6 is 11.8 Å². The molecular weight excluding hydrogens is 330 g/mol. The molecular formula is C13H15NO6S2. The van der Waals surface area contributed by atoms with Crippen LogP contribution in [0.2, 0.25) is 0 Å². The summed E-state index contributed by atoms with van der Waals surface area (Å²) < 4.78 is 32.7. The Balaban J connectivity index is 2.42. The molecule has 0 spiro atoms. The number of aromatic hydroxyl groups is 2. The van der Waals surface area contributed by atoms with Crippen LogP contribution in [0.4, 0.5) is 0 Å². The average molecular weight is 345 g/mol. The van der Waals surface area contributed by atoms with Crippen molar-refractivity contribution in [3.05, 3.63) is 30.3 Å². The van der Waals surface area contributed by atoms with E-state index >= 15 is 0 Å². The predicted octanol–water partition coefficient (Wildman–Crippen LogP) is 2.27. The summed E-state index contributed by atoms with van der Waals surface area (Å²) in [7, 11) is -3.15. The number of hydrogen-bond donors (Lipinski definition) is 2. The Morgan fingerprint density at radius 2 is 2.00 bits per heavy atom. The van der Waals surface area contributed by atoms with Crippen molar-refractivity contribution in [1.82, 2.24) is 4.57 Å². The van der Waals surface area contributed by atoms with Crippen LogP contribution in [-0.4, -0.2) is 36.1 Å². The molecule has 2 aromatic rings. The first kappa shape index (κ1) is 16.5. The number of aromatic nitrogens is 1. The molecule has 0 fully saturated rings. The highest BCUT2D eigenvalue weighted by atomic mass is 32.3. The van der Waals surface area contributed by atoms with E-state index in [0.717, 1.165) is 12.9 Å². The van der Waals surface area contributed by atoms with E-state index in [9.17, 15) is 18.6 Å². The van der Waals surface area contributed by atoms with Gasteiger partial charge in [0.05, 0.1) is 17.7 Å². The number of nitrogens with zero attached hydrogens (tertiary/aromatic N) is 1. The Bertz CT molecular complexity index is 769. The predicted molar refractivity (Wildman–Crippen MR) is 82.1 cm³/mol. The van der Waals surface area contributed by atoms with Gasteiger partial charge in [-0.1, -0.05) is 13.0 Å². The van der Waals surface area contributed by atoms with Crippen LogP contribution in [-0.2, 0) is 14.6 Å². The summed E-state index contributed by atoms with van der Waals surface area (Å²) in [4.78, 5) is 0.524. The lowest BCUT2D eigenvalue weighted by Crippen LogP contribution is -2.10. The zero-order chi connectivity index (χ0) is 16.3. The van der Waals surface area contributed by atoms with Gasteiger partial charge in [0, 0.05) is 12.1 Å². The van der Waals surface area contributed by atoms with Crippen molar-refractivity contribution in [2.75, 3.05) is 12.9 Å². The highest BCUT2D eigenvalue weighted by molar-refractivity contribution is 7.99. The number of rotatable bonds is 6. The second-order valence-corrected chi connectivity index (χ2v) is 6.74. The zero-order valence-electron chi connectivity index (χ0n) is 11.9. The quantitative estimate of drug-likeness (QED) is 0.775. The summed E-state index contributed by atoms with van der Waals surface area (Å²) in [5.41, 5.74) is 0.349. The fraction of sp³-hybridized carbons (Fsp3) is 0.231. The minimum Gasteiger partial charge on any atom is -0.494 e. The molecule has 0 amide bonds. The minimum atomic E-state index is -4.13. The molecule has 0 saturated heterocycles. The fourth-order valence-electron chi connectivity index (χ4n) is 1.81. The van der Waals surface area contributed by atoms with Crippen LogP contribution in [0.15, 0.2) is 35.2 Å². The van der Waals surface area contributed by atoms with E-state index in [1.165, 1.54) is 40.6 Å². The zero-order valence-corrected chi connectivity index (χ0v) is 13.5. The number of benzene rings is 1. The van der Waals surface area contributed by atoms with Gasteiger partial charge in [-0.2, -0.15) is 8.42 Å². The maximum absolute atomic E-state index is 11.3. The van der Waals surface area contributed by atoms with Crippen molar-refractivity contribution < 1.29 is 27.0 Å². The molecule has 0 bridgehead atoms. The molecule has 0 radical (unpaired) electrons. The van der Waals surface area contributed by atoms with Crippen molar-refractivity contribution >= 4 is 22.2 Å². The highest BCUT2D eigenvalue weighted by Crippen LogP contribution is 2.38. The van der Waals surface area contributed by atoms with E-state index in [-0.39, 0.29) is 17.5 Å². The Labute approximate surface area is 132 Å². The van der Waals surface area contributed by atoms with Gasteiger partial charge in [-0.15, -0.1) is 11.8 Å². The van der Waals surface area contributed by atoms with Crippen molar-refractivity contribution in [3.8, 4) is 23.2 Å². The summed E-state index contributed by atoms with van der Waals surface area (Å²) in [5.74, 6) is 0.430. The van der Waals surface area contributed by atoms with Crippen molar-refractivity contribution in [2.24, 2.45) is 0 Å². The molecule has 2 N–H and O–H groups in total. The first-order chi connectivity index (χ1) is 10.4. The lowest BCUT2D eigenvalue weighted by atomic mass is 10.3. The molecule has 1 heterocycles. The normalized spacial score (nSPS) is 11.5. The van der Waals surface area contributed by atoms with Gasteiger partial charge in [0.15, 0.2) is 5.88 Å². The number of hydrogen-bond acceptors (Lipinski definition) is 7. The standard InChI is InChI=1S/C13H15NO6S2/c1-3-21-11-8-12(15)14(13(11)16)9-5-4-6-10(7-9)20-22(17,18)19-2/h4-8,15-16H,3H2,1-2H3. The molecule has 2 rings (SSSR count). The van der Waals surface area contributed by atoms with Crippen LogP contribution in [0, 0.1) is 0 Å². The van der Waals surface area contributed by atoms with E-state index in [1.807, 2.05) is 6.92 Å². The molecule has 0 saturated carbocycles. The third kappa shape index (κ3) is 3.49. The molecule has 0 aliphatic carbocycles. The average Bonchev–Trinajstić information content (AvgIpc) is 2.74. The van der Waals surface area contributed by atoms with Gasteiger partial charge in [-0.05, 0) is 17.9 Å². The SMILES string of the molecule is CCSc1cc(O)n(-c2cccc(OS(=O)(=O)OC)c2)c1O. The third-order valence-electron chi connectivity index (χ3n) is 2.70. The van der Waals surface area contributed by atoms with E-state index in [4.69, 9.17) is 4.18 Å². The van der Waals surface area contributed by atoms with Gasteiger partial charge in [0.2, 0.25) is 5.88 Å². The third-order valence-corrected chi connectivity index (χ3v) is 4.40. The summed E-state index contributed by atoms with van der Waals surface area (Å²) in [5, 5.41) is 20.1. The topological polar surface area (TPSA) is 98.0 Å². The fourth-order valence-corrected chi connectivity index (χ4v) is 2.94. The summed E-state index contributed by atoms with van der Waals surface area (Å²) in [6, 6.07) is 7.33. The monoisotopic (exact) mass is 345 g/mol. The van der Waals surface area contributed by atoms with E-state index in [0.29, 0.717) is 10.6 Å². The first-order valence-corrected chi connectivity index (χ1v) is 8.56. The molecule has 0 aliphatic heterocycles. The Hall–Kier alpha value is -1.84. The van der Waals surface area contributed by atoms with Gasteiger partial charge >= 0.3 is 10.4 Å². The summed E-state index contributed by atoms with van der Waals surface area (Å²) in [6.45, 7) is 1.92. The first-order valence-electron chi connectivity index (χ1n) is 6.25. The number of thioether (sulfide) groups is 1. The second-order valence-electron chi connectivity index (χ2n) is 4.11. The lowest BCUT2D eigenvalue weighted by molar-refractivity contribution is 0.330. The van der Waals surface area contributed by atoms with E-state index < -0.39 is 10.4 Å². The van der Waals surface area contributed by atoms with Gasteiger partial charge in [0.1, 0.15) is 5.75 Å². The van der Waals surface area contributed by atoms with Crippen LogP contribution < -0.4 is 4.18 Å². The Kier molecular flexibility index (Phi) is 4.89. The van der Waals surface area contributed by atoms with Gasteiger partial charge < -0.3 is 14.4 Å². The van der Waals surface area contributed by atoms with Crippen molar-refractivity contribution in [3.63, 3.8) is 0 Å². The second kappa shape index (κ2) is 6.51. The molecule has 0 atom stereocenters. The molecule has 1 aromatic carbocycles. The molecule has 120 valence electrons. The van der Waals surface area contributed by atoms with Gasteiger partial charge in [-0.25, -0.2) is 4.18 Å². The van der Waals surface area contributed by atoms with E-state index in [1.54, 1.807) is 6.07 Å². The molecule has 0 aliphatic rings.